The Bertz CT molecular complexity index is 944. The summed E-state index contributed by atoms with van der Waals surface area (Å²) in [6.07, 6.45) is 0. The van der Waals surface area contributed by atoms with Gasteiger partial charge in [0.15, 0.2) is 0 Å². The van der Waals surface area contributed by atoms with Crippen molar-refractivity contribution in [2.24, 2.45) is 0 Å². The highest BCUT2D eigenvalue weighted by molar-refractivity contribution is 6.08. The Morgan fingerprint density at radius 3 is 2.14 bits per heavy atom. The van der Waals surface area contributed by atoms with Crippen molar-refractivity contribution in [3.05, 3.63) is 71.4 Å². The van der Waals surface area contributed by atoms with Gasteiger partial charge in [-0.2, -0.15) is 0 Å². The zero-order chi connectivity index (χ0) is 20.1. The maximum Gasteiger partial charge on any atom is 0.259 e. The fraction of sp³-hybridized carbons (Fsp3) is 0.182. The summed E-state index contributed by atoms with van der Waals surface area (Å²) in [6.45, 7) is 6.24. The lowest BCUT2D eigenvalue weighted by molar-refractivity contribution is 0.102. The van der Waals surface area contributed by atoms with Crippen molar-refractivity contribution in [3.8, 4) is 17.2 Å². The molecule has 3 N–H and O–H groups in total. The zero-order valence-electron chi connectivity index (χ0n) is 16.2. The molecule has 2 aromatic carbocycles. The fourth-order valence-electron chi connectivity index (χ4n) is 2.87. The number of carbonyl (C=O) groups excluding carboxylic acids is 1. The summed E-state index contributed by atoms with van der Waals surface area (Å²) in [5.41, 5.74) is 8.52. The number of pyridine rings is 1. The second kappa shape index (κ2) is 8.43. The first-order valence-electron chi connectivity index (χ1n) is 9.02. The molecule has 3 aromatic rings. The molecule has 0 saturated heterocycles. The van der Waals surface area contributed by atoms with Crippen LogP contribution in [0.25, 0.3) is 0 Å². The number of hydrogen-bond donors (Lipinski definition) is 2. The molecule has 6 nitrogen and oxygen atoms in total. The van der Waals surface area contributed by atoms with E-state index in [2.05, 4.69) is 10.3 Å². The number of nitrogens with one attached hydrogen (secondary N) is 1. The van der Waals surface area contributed by atoms with Gasteiger partial charge in [-0.1, -0.05) is 0 Å². The molecule has 6 heteroatoms. The Morgan fingerprint density at radius 1 is 1.00 bits per heavy atom. The smallest absolute Gasteiger partial charge is 0.259 e. The Balaban J connectivity index is 1.67. The molecule has 0 radical (unpaired) electrons. The Morgan fingerprint density at radius 2 is 1.57 bits per heavy atom. The quantitative estimate of drug-likeness (QED) is 0.649. The minimum Gasteiger partial charge on any atom is -0.494 e. The van der Waals surface area contributed by atoms with Crippen molar-refractivity contribution in [2.75, 3.05) is 17.7 Å². The molecule has 1 aromatic heterocycles. The predicted molar refractivity (Wildman–Crippen MR) is 110 cm³/mol. The Hall–Kier alpha value is -3.54. The molecule has 0 spiro atoms. The van der Waals surface area contributed by atoms with Crippen molar-refractivity contribution < 1.29 is 14.3 Å². The molecule has 0 aliphatic rings. The van der Waals surface area contributed by atoms with Gasteiger partial charge in [0.2, 0.25) is 0 Å². The second-order valence-electron chi connectivity index (χ2n) is 6.33. The van der Waals surface area contributed by atoms with Crippen LogP contribution in [-0.2, 0) is 0 Å². The molecule has 3 rings (SSSR count). The van der Waals surface area contributed by atoms with Gasteiger partial charge < -0.3 is 20.5 Å². The van der Waals surface area contributed by atoms with Gasteiger partial charge in [0.05, 0.1) is 12.2 Å². The number of hydrogen-bond acceptors (Lipinski definition) is 5. The van der Waals surface area contributed by atoms with Crippen LogP contribution >= 0.6 is 0 Å². The van der Waals surface area contributed by atoms with E-state index in [1.165, 1.54) is 0 Å². The van der Waals surface area contributed by atoms with Gasteiger partial charge in [0.25, 0.3) is 5.91 Å². The number of aromatic nitrogens is 1. The highest BCUT2D eigenvalue weighted by Crippen LogP contribution is 2.25. The average molecular weight is 377 g/mol. The monoisotopic (exact) mass is 377 g/mol. The number of anilines is 2. The van der Waals surface area contributed by atoms with E-state index in [-0.39, 0.29) is 11.7 Å². The number of amides is 1. The molecule has 1 heterocycles. The fourth-order valence-corrected chi connectivity index (χ4v) is 2.87. The van der Waals surface area contributed by atoms with Crippen LogP contribution in [0.15, 0.2) is 54.6 Å². The molecule has 0 unspecified atom stereocenters. The van der Waals surface area contributed by atoms with Crippen molar-refractivity contribution in [3.63, 3.8) is 0 Å². The largest absolute Gasteiger partial charge is 0.494 e. The van der Waals surface area contributed by atoms with Gasteiger partial charge in [0, 0.05) is 11.4 Å². The maximum atomic E-state index is 12.6. The third-order valence-corrected chi connectivity index (χ3v) is 4.08. The van der Waals surface area contributed by atoms with Gasteiger partial charge in [-0.05, 0) is 80.9 Å². The summed E-state index contributed by atoms with van der Waals surface area (Å²) in [4.78, 5) is 16.7. The molecule has 0 saturated carbocycles. The first-order chi connectivity index (χ1) is 13.5. The van der Waals surface area contributed by atoms with Gasteiger partial charge in [-0.15, -0.1) is 0 Å². The van der Waals surface area contributed by atoms with Crippen LogP contribution in [0.5, 0.6) is 17.2 Å². The Kier molecular flexibility index (Phi) is 5.79. The second-order valence-corrected chi connectivity index (χ2v) is 6.33. The van der Waals surface area contributed by atoms with E-state index in [1.54, 1.807) is 24.3 Å². The number of nitrogens with zero attached hydrogens (tertiary/aromatic N) is 1. The van der Waals surface area contributed by atoms with Crippen LogP contribution in [0.2, 0.25) is 0 Å². The minimum atomic E-state index is -0.289. The first kappa shape index (κ1) is 19.2. The van der Waals surface area contributed by atoms with Gasteiger partial charge in [0.1, 0.15) is 23.1 Å². The van der Waals surface area contributed by atoms with E-state index in [0.717, 1.165) is 17.0 Å². The summed E-state index contributed by atoms with van der Waals surface area (Å²) in [5.74, 6) is 2.10. The van der Waals surface area contributed by atoms with Crippen LogP contribution in [0.3, 0.4) is 0 Å². The third-order valence-electron chi connectivity index (χ3n) is 4.08. The Labute approximate surface area is 164 Å². The topological polar surface area (TPSA) is 86.5 Å². The minimum absolute atomic E-state index is 0.227. The SMILES string of the molecule is CCOc1ccc(Oc2ccc(NC(=O)c3c(C)cc(C)nc3N)cc2)cc1. The van der Waals surface area contributed by atoms with Crippen LogP contribution in [-0.4, -0.2) is 17.5 Å². The molecule has 144 valence electrons. The number of nitrogen functional groups attached to an aromatic ring is 1. The van der Waals surface area contributed by atoms with Crippen LogP contribution in [0.1, 0.15) is 28.5 Å². The highest BCUT2D eigenvalue weighted by atomic mass is 16.5. The van der Waals surface area contributed by atoms with E-state index in [1.807, 2.05) is 51.1 Å². The zero-order valence-corrected chi connectivity index (χ0v) is 16.2. The van der Waals surface area contributed by atoms with Crippen LogP contribution in [0.4, 0.5) is 11.5 Å². The molecule has 28 heavy (non-hydrogen) atoms. The molecular formula is C22H23N3O3. The van der Waals surface area contributed by atoms with E-state index in [4.69, 9.17) is 15.2 Å². The van der Waals surface area contributed by atoms with E-state index in [9.17, 15) is 4.79 Å². The average Bonchev–Trinajstić information content (AvgIpc) is 2.64. The number of ether oxygens (including phenoxy) is 2. The summed E-state index contributed by atoms with van der Waals surface area (Å²) >= 11 is 0. The van der Waals surface area contributed by atoms with Gasteiger partial charge in [-0.3, -0.25) is 4.79 Å². The van der Waals surface area contributed by atoms with Crippen LogP contribution < -0.4 is 20.5 Å². The van der Waals surface area contributed by atoms with E-state index in [0.29, 0.717) is 29.4 Å². The predicted octanol–water partition coefficient (Wildman–Crippen LogP) is 4.72. The van der Waals surface area contributed by atoms with Crippen molar-refractivity contribution >= 4 is 17.4 Å². The number of aryl methyl sites for hydroxylation is 2. The molecule has 0 atom stereocenters. The molecule has 1 amide bonds. The van der Waals surface area contributed by atoms with Crippen molar-refractivity contribution in [1.29, 1.82) is 0 Å². The first-order valence-corrected chi connectivity index (χ1v) is 9.02. The number of rotatable bonds is 6. The molecule has 0 bridgehead atoms. The normalized spacial score (nSPS) is 10.4. The van der Waals surface area contributed by atoms with Crippen LogP contribution in [0, 0.1) is 13.8 Å². The highest BCUT2D eigenvalue weighted by Gasteiger charge is 2.15. The van der Waals surface area contributed by atoms with Crippen molar-refractivity contribution in [1.82, 2.24) is 4.98 Å². The number of nitrogens with two attached hydrogens (primary N) is 1. The summed E-state index contributed by atoms with van der Waals surface area (Å²) in [6, 6.07) is 16.4. The van der Waals surface area contributed by atoms with E-state index < -0.39 is 0 Å². The van der Waals surface area contributed by atoms with Crippen molar-refractivity contribution in [2.45, 2.75) is 20.8 Å². The number of carbonyl (C=O) groups is 1. The molecule has 0 fully saturated rings. The van der Waals surface area contributed by atoms with Gasteiger partial charge in [-0.25, -0.2) is 4.98 Å². The standard InChI is InChI=1S/C22H23N3O3/c1-4-27-17-9-11-19(12-10-17)28-18-7-5-16(6-8-18)25-22(26)20-14(2)13-15(3)24-21(20)23/h5-13H,4H2,1-3H3,(H2,23,24)(H,25,26). The number of benzene rings is 2. The summed E-state index contributed by atoms with van der Waals surface area (Å²) in [5, 5.41) is 2.84. The maximum absolute atomic E-state index is 12.6. The lowest BCUT2D eigenvalue weighted by Crippen LogP contribution is -2.17. The summed E-state index contributed by atoms with van der Waals surface area (Å²) < 4.78 is 11.2. The van der Waals surface area contributed by atoms with E-state index >= 15 is 0 Å². The molecular weight excluding hydrogens is 354 g/mol. The molecule has 0 aliphatic carbocycles. The molecule has 0 aliphatic heterocycles. The third kappa shape index (κ3) is 4.59. The van der Waals surface area contributed by atoms with Gasteiger partial charge >= 0.3 is 0 Å². The lowest BCUT2D eigenvalue weighted by atomic mass is 10.1. The lowest BCUT2D eigenvalue weighted by Gasteiger charge is -2.11. The summed E-state index contributed by atoms with van der Waals surface area (Å²) in [7, 11) is 0.